The number of aliphatic hydroxyl groups is 1. The van der Waals surface area contributed by atoms with Gasteiger partial charge in [0, 0.05) is 49.6 Å². The molecule has 18 heteroatoms. The number of unbranched alkanes of at least 4 members (excludes halogenated alkanes) is 1. The molecule has 5 atom stereocenters. The molecule has 0 aliphatic carbocycles. The number of ether oxygens (including phenoxy) is 2. The molecular weight excluding hydrogens is 847 g/mol. The highest BCUT2D eigenvalue weighted by atomic mass is 32.1. The molecule has 3 heterocycles. The summed E-state index contributed by atoms with van der Waals surface area (Å²) in [5, 5.41) is 28.8. The van der Waals surface area contributed by atoms with Gasteiger partial charge in [-0.05, 0) is 69.8 Å². The Morgan fingerprint density at radius 1 is 0.891 bits per heavy atom. The van der Waals surface area contributed by atoms with Crippen molar-refractivity contribution in [2.75, 3.05) is 64.5 Å². The topological polar surface area (TPSA) is 186 Å². The van der Waals surface area contributed by atoms with Gasteiger partial charge >= 0.3 is 0 Å². The van der Waals surface area contributed by atoms with Gasteiger partial charge in [-0.1, -0.05) is 60.7 Å². The first kappa shape index (κ1) is 47.9. The van der Waals surface area contributed by atoms with E-state index in [0.717, 1.165) is 22.3 Å². The number of carbonyl (C=O) groups is 4. The first-order chi connectivity index (χ1) is 31.0. The third-order valence-electron chi connectivity index (χ3n) is 11.5. The second-order valence-corrected chi connectivity index (χ2v) is 16.7. The number of anilines is 1. The maximum atomic E-state index is 15.0. The van der Waals surface area contributed by atoms with Crippen molar-refractivity contribution in [2.24, 2.45) is 0 Å². The van der Waals surface area contributed by atoms with Crippen LogP contribution < -0.4 is 36.2 Å². The minimum absolute atomic E-state index is 0.223. The molecule has 6 N–H and O–H groups in total. The van der Waals surface area contributed by atoms with Crippen LogP contribution in [0.4, 0.5) is 13.9 Å². The van der Waals surface area contributed by atoms with E-state index in [1.54, 1.807) is 31.2 Å². The number of carbonyl (C=O) groups excluding carboxylic acids is 4. The van der Waals surface area contributed by atoms with Crippen LogP contribution in [0, 0.1) is 11.6 Å². The van der Waals surface area contributed by atoms with Gasteiger partial charge in [0.15, 0.2) is 23.3 Å². The van der Waals surface area contributed by atoms with Crippen LogP contribution in [-0.2, 0) is 23.9 Å². The van der Waals surface area contributed by atoms with Crippen molar-refractivity contribution in [3.05, 3.63) is 101 Å². The van der Waals surface area contributed by atoms with E-state index in [1.807, 2.05) is 60.7 Å². The molecule has 2 aliphatic rings. The molecule has 64 heavy (non-hydrogen) atoms. The number of hydrogen-bond donors (Lipinski definition) is 6. The predicted octanol–water partition coefficient (Wildman–Crippen LogP) is 3.53. The van der Waals surface area contributed by atoms with E-state index in [4.69, 9.17) is 9.47 Å². The molecule has 1 unspecified atom stereocenters. The number of nitrogens with one attached hydrogen (secondary N) is 5. The summed E-state index contributed by atoms with van der Waals surface area (Å²) < 4.78 is 40.4. The zero-order valence-corrected chi connectivity index (χ0v) is 37.2. The van der Waals surface area contributed by atoms with Crippen LogP contribution in [0.1, 0.15) is 56.6 Å². The number of halogens is 2. The lowest BCUT2D eigenvalue weighted by Gasteiger charge is -2.35. The summed E-state index contributed by atoms with van der Waals surface area (Å²) in [5.41, 5.74) is 2.30. The lowest BCUT2D eigenvalue weighted by molar-refractivity contribution is -0.139. The van der Waals surface area contributed by atoms with Crippen molar-refractivity contribution in [3.8, 4) is 17.0 Å². The van der Waals surface area contributed by atoms with Gasteiger partial charge in [0.25, 0.3) is 5.91 Å². The van der Waals surface area contributed by atoms with Gasteiger partial charge in [-0.15, -0.1) is 11.3 Å². The third kappa shape index (κ3) is 12.4. The van der Waals surface area contributed by atoms with Crippen molar-refractivity contribution in [1.29, 1.82) is 0 Å². The number of nitrogens with zero attached hydrogens (tertiary/aromatic N) is 3. The van der Waals surface area contributed by atoms with E-state index in [9.17, 15) is 28.7 Å². The maximum Gasteiger partial charge on any atom is 0.257 e. The number of amides is 4. The molecule has 2 aliphatic heterocycles. The van der Waals surface area contributed by atoms with Gasteiger partial charge in [0.2, 0.25) is 23.5 Å². The summed E-state index contributed by atoms with van der Waals surface area (Å²) in [4.78, 5) is 61.5. The number of aromatic nitrogens is 1. The molecule has 0 radical (unpaired) electrons. The van der Waals surface area contributed by atoms with Gasteiger partial charge < -0.3 is 45.6 Å². The number of morpholine rings is 1. The first-order valence-corrected chi connectivity index (χ1v) is 22.6. The quantitative estimate of drug-likeness (QED) is 0.0531. The molecule has 2 saturated heterocycles. The number of aliphatic hydroxyl groups excluding tert-OH is 1. The molecule has 1 aromatic heterocycles. The monoisotopic (exact) mass is 904 g/mol. The molecule has 0 bridgehead atoms. The van der Waals surface area contributed by atoms with Gasteiger partial charge in [-0.25, -0.2) is 9.37 Å². The molecule has 0 spiro atoms. The lowest BCUT2D eigenvalue weighted by Crippen LogP contribution is -2.59. The number of thiazole rings is 1. The van der Waals surface area contributed by atoms with Gasteiger partial charge in [-0.3, -0.25) is 24.5 Å². The average Bonchev–Trinajstić information content (AvgIpc) is 4.02. The van der Waals surface area contributed by atoms with Crippen molar-refractivity contribution >= 4 is 40.1 Å². The minimum Gasteiger partial charge on any atom is -0.480 e. The first-order valence-electron chi connectivity index (χ1n) is 21.7. The average molecular weight is 905 g/mol. The molecule has 3 aromatic carbocycles. The summed E-state index contributed by atoms with van der Waals surface area (Å²) in [6, 6.07) is 18.4. The molecule has 4 amide bonds. The summed E-state index contributed by atoms with van der Waals surface area (Å²) in [6.07, 6.45) is 0.772. The van der Waals surface area contributed by atoms with E-state index in [1.165, 1.54) is 17.4 Å². The van der Waals surface area contributed by atoms with Crippen LogP contribution in [0.15, 0.2) is 78.2 Å². The second-order valence-electron chi connectivity index (χ2n) is 15.9. The number of likely N-dealkylation sites (tertiary alicyclic amines) is 1. The Kier molecular flexibility index (Phi) is 17.5. The highest BCUT2D eigenvalue weighted by Gasteiger charge is 2.40. The van der Waals surface area contributed by atoms with Gasteiger partial charge in [0.05, 0.1) is 37.0 Å². The van der Waals surface area contributed by atoms with Crippen molar-refractivity contribution in [1.82, 2.24) is 36.5 Å². The molecule has 4 aromatic rings. The Bertz CT molecular complexity index is 2120. The second kappa shape index (κ2) is 23.4. The Hall–Kier alpha value is -5.53. The molecule has 6 rings (SSSR count). The smallest absolute Gasteiger partial charge is 0.257 e. The van der Waals surface area contributed by atoms with Gasteiger partial charge in [0.1, 0.15) is 12.3 Å². The summed E-state index contributed by atoms with van der Waals surface area (Å²) in [6.45, 7) is 6.05. The van der Waals surface area contributed by atoms with E-state index in [0.29, 0.717) is 64.2 Å². The highest BCUT2D eigenvalue weighted by Crippen LogP contribution is 2.37. The zero-order valence-electron chi connectivity index (χ0n) is 36.4. The Balaban J connectivity index is 1.05. The molecule has 2 fully saturated rings. The molecule has 344 valence electrons. The highest BCUT2D eigenvalue weighted by molar-refractivity contribution is 7.14. The Labute approximate surface area is 376 Å². The van der Waals surface area contributed by atoms with Crippen molar-refractivity contribution < 1.29 is 42.5 Å². The van der Waals surface area contributed by atoms with Crippen LogP contribution >= 0.6 is 11.3 Å². The van der Waals surface area contributed by atoms with Crippen molar-refractivity contribution in [2.45, 2.75) is 75.8 Å². The van der Waals surface area contributed by atoms with Crippen LogP contribution in [-0.4, -0.2) is 129 Å². The standard InChI is InChI=1S/C46H58F2N8O7S/c1-29(49-3)42(58)52-30(2)45(61)56-22-12-17-36(56)43(59)54-40(38(31-13-6-4-7-14-31)32-15-8-5-9-16-32)44(60)51-21-11-10-20-50-37(57)27-63-41-33(18-19-34(47)39(41)48)35-28-64-46(53-35)55-23-25-62-26-24-55/h4-9,13-16,18-19,28-30,36,38,40,43,49,54,59H,10-12,17,20-27H2,1-3H3,(H,50,57)(H,51,60)(H,52,58)/t29-,30-,36?,40-,43+/m0/s1. The number of rotatable bonds is 21. The summed E-state index contributed by atoms with van der Waals surface area (Å²) in [7, 11) is 1.65. The Morgan fingerprint density at radius 2 is 1.55 bits per heavy atom. The number of hydrogen-bond acceptors (Lipinski definition) is 12. The van der Waals surface area contributed by atoms with E-state index in [-0.39, 0.29) is 36.4 Å². The Morgan fingerprint density at radius 3 is 2.20 bits per heavy atom. The predicted molar refractivity (Wildman–Crippen MR) is 240 cm³/mol. The fourth-order valence-electron chi connectivity index (χ4n) is 7.84. The fourth-order valence-corrected chi connectivity index (χ4v) is 8.72. The largest absolute Gasteiger partial charge is 0.480 e. The number of likely N-dealkylation sites (N-methyl/N-ethyl adjacent to an activating group) is 1. The maximum absolute atomic E-state index is 15.0. The van der Waals surface area contributed by atoms with Crippen LogP contribution in [0.25, 0.3) is 11.3 Å². The van der Waals surface area contributed by atoms with E-state index in [2.05, 4.69) is 36.5 Å². The minimum atomic E-state index is -1.29. The summed E-state index contributed by atoms with van der Waals surface area (Å²) >= 11 is 1.37. The van der Waals surface area contributed by atoms with Crippen LogP contribution in [0.5, 0.6) is 5.75 Å². The van der Waals surface area contributed by atoms with Crippen LogP contribution in [0.2, 0.25) is 0 Å². The fraction of sp³-hybridized carbons (Fsp3) is 0.457. The molecule has 0 saturated carbocycles. The lowest BCUT2D eigenvalue weighted by atomic mass is 9.84. The normalized spacial score (nSPS) is 17.1. The number of benzene rings is 3. The summed E-state index contributed by atoms with van der Waals surface area (Å²) in [5.74, 6) is -4.84. The van der Waals surface area contributed by atoms with Crippen molar-refractivity contribution in [3.63, 3.8) is 0 Å². The molecular formula is C46H58F2N8O7S. The van der Waals surface area contributed by atoms with E-state index >= 15 is 4.39 Å². The zero-order chi connectivity index (χ0) is 45.6. The van der Waals surface area contributed by atoms with E-state index < -0.39 is 66.2 Å². The SMILES string of the molecule is CN[C@@H](C)C(=O)N[C@@H](C)C(=O)N1CCCC1[C@@H](O)N[C@H](C(=O)NCCCCNC(=O)COc1c(-c2csc(N3CCOCC3)n2)ccc(F)c1F)C(c1ccccc1)c1ccccc1. The van der Waals surface area contributed by atoms with Crippen LogP contribution in [0.3, 0.4) is 0 Å². The van der Waals surface area contributed by atoms with Gasteiger partial charge in [-0.2, -0.15) is 4.39 Å². The molecule has 15 nitrogen and oxygen atoms in total. The third-order valence-corrected chi connectivity index (χ3v) is 12.4.